The van der Waals surface area contributed by atoms with E-state index in [9.17, 15) is 9.18 Å². The number of aromatic nitrogens is 1. The minimum atomic E-state index is -0.376. The molecule has 126 valence electrons. The highest BCUT2D eigenvalue weighted by Crippen LogP contribution is 2.24. The molecule has 2 heterocycles. The van der Waals surface area contributed by atoms with E-state index in [1.807, 2.05) is 6.92 Å². The van der Waals surface area contributed by atoms with Crippen LogP contribution in [0.15, 0.2) is 30.3 Å². The number of pyridine rings is 1. The van der Waals surface area contributed by atoms with Gasteiger partial charge in [0, 0.05) is 23.5 Å². The van der Waals surface area contributed by atoms with Crippen LogP contribution in [0.2, 0.25) is 0 Å². The fourth-order valence-electron chi connectivity index (χ4n) is 2.81. The lowest BCUT2D eigenvalue weighted by Gasteiger charge is -2.33. The molecule has 1 aliphatic heterocycles. The van der Waals surface area contributed by atoms with Gasteiger partial charge in [-0.05, 0) is 43.7 Å². The van der Waals surface area contributed by atoms with Gasteiger partial charge in [-0.15, -0.1) is 0 Å². The Balaban J connectivity index is 1.79. The minimum Gasteiger partial charge on any atom is -0.399 e. The van der Waals surface area contributed by atoms with Gasteiger partial charge in [-0.25, -0.2) is 4.39 Å². The van der Waals surface area contributed by atoms with E-state index in [0.29, 0.717) is 42.2 Å². The lowest BCUT2D eigenvalue weighted by atomic mass is 10.1. The number of carbonyl (C=O) groups is 1. The maximum Gasteiger partial charge on any atom is 0.254 e. The predicted octanol–water partition coefficient (Wildman–Crippen LogP) is 2.63. The topological polar surface area (TPSA) is 68.5 Å². The lowest BCUT2D eigenvalue weighted by molar-refractivity contribution is -0.0247. The van der Waals surface area contributed by atoms with Crippen LogP contribution in [0.4, 0.5) is 10.1 Å². The van der Waals surface area contributed by atoms with E-state index in [4.69, 9.17) is 10.5 Å². The van der Waals surface area contributed by atoms with Crippen LogP contribution in [0.25, 0.3) is 0 Å². The third-order valence-electron chi connectivity index (χ3n) is 4.10. The maximum absolute atomic E-state index is 13.7. The van der Waals surface area contributed by atoms with Crippen LogP contribution >= 0.6 is 0 Å². The SMILES string of the molecule is Cc1cc(N)cc([C@H]2CN(C(=O)c3ccc(C)c(F)c3)CCO2)n1. The highest BCUT2D eigenvalue weighted by atomic mass is 19.1. The van der Waals surface area contributed by atoms with Crippen LogP contribution in [0.1, 0.15) is 33.4 Å². The smallest absolute Gasteiger partial charge is 0.254 e. The molecule has 3 rings (SSSR count). The molecule has 0 unspecified atom stereocenters. The number of morpholine rings is 1. The number of nitrogen functional groups attached to an aromatic ring is 1. The third kappa shape index (κ3) is 3.38. The largest absolute Gasteiger partial charge is 0.399 e. The summed E-state index contributed by atoms with van der Waals surface area (Å²) in [6, 6.07) is 8.09. The van der Waals surface area contributed by atoms with Crippen molar-refractivity contribution < 1.29 is 13.9 Å². The quantitative estimate of drug-likeness (QED) is 0.920. The minimum absolute atomic E-state index is 0.206. The average Bonchev–Trinajstić information content (AvgIpc) is 2.56. The second kappa shape index (κ2) is 6.57. The predicted molar refractivity (Wildman–Crippen MR) is 89.1 cm³/mol. The number of anilines is 1. The van der Waals surface area contributed by atoms with E-state index in [0.717, 1.165) is 5.69 Å². The Hall–Kier alpha value is -2.47. The standard InChI is InChI=1S/C18H20FN3O2/c1-11-3-4-13(8-15(11)19)18(23)22-5-6-24-17(10-22)16-9-14(20)7-12(2)21-16/h3-4,7-9,17H,5-6,10H2,1-2H3,(H2,20,21)/t17-/m1/s1. The van der Waals surface area contributed by atoms with Gasteiger partial charge in [0.1, 0.15) is 11.9 Å². The molecule has 0 aliphatic carbocycles. The van der Waals surface area contributed by atoms with Gasteiger partial charge in [-0.1, -0.05) is 6.07 Å². The molecular weight excluding hydrogens is 309 g/mol. The Morgan fingerprint density at radius 1 is 1.33 bits per heavy atom. The van der Waals surface area contributed by atoms with Crippen molar-refractivity contribution in [2.24, 2.45) is 0 Å². The Labute approximate surface area is 140 Å². The van der Waals surface area contributed by atoms with Crippen molar-refractivity contribution in [2.75, 3.05) is 25.4 Å². The van der Waals surface area contributed by atoms with Gasteiger partial charge in [0.25, 0.3) is 5.91 Å². The summed E-state index contributed by atoms with van der Waals surface area (Å²) in [4.78, 5) is 18.7. The van der Waals surface area contributed by atoms with Crippen LogP contribution in [-0.4, -0.2) is 35.5 Å². The summed E-state index contributed by atoms with van der Waals surface area (Å²) >= 11 is 0. The molecule has 0 radical (unpaired) electrons. The van der Waals surface area contributed by atoms with Crippen LogP contribution in [0.3, 0.4) is 0 Å². The summed E-state index contributed by atoms with van der Waals surface area (Å²) in [5.74, 6) is -0.582. The number of rotatable bonds is 2. The second-order valence-corrected chi connectivity index (χ2v) is 6.04. The summed E-state index contributed by atoms with van der Waals surface area (Å²) in [5, 5.41) is 0. The molecule has 2 N–H and O–H groups in total. The van der Waals surface area contributed by atoms with Crippen molar-refractivity contribution in [3.63, 3.8) is 0 Å². The van der Waals surface area contributed by atoms with E-state index in [1.165, 1.54) is 6.07 Å². The van der Waals surface area contributed by atoms with Crippen LogP contribution in [-0.2, 0) is 4.74 Å². The fourth-order valence-corrected chi connectivity index (χ4v) is 2.81. The van der Waals surface area contributed by atoms with E-state index < -0.39 is 0 Å². The fraction of sp³-hybridized carbons (Fsp3) is 0.333. The molecule has 2 aromatic rings. The van der Waals surface area contributed by atoms with Gasteiger partial charge in [-0.3, -0.25) is 9.78 Å². The highest BCUT2D eigenvalue weighted by molar-refractivity contribution is 5.94. The molecule has 24 heavy (non-hydrogen) atoms. The summed E-state index contributed by atoms with van der Waals surface area (Å²) in [6.45, 7) is 4.76. The van der Waals surface area contributed by atoms with E-state index in [1.54, 1.807) is 36.1 Å². The Bertz CT molecular complexity index is 759. The second-order valence-electron chi connectivity index (χ2n) is 6.04. The molecule has 1 aromatic carbocycles. The van der Waals surface area contributed by atoms with Crippen molar-refractivity contribution in [1.29, 1.82) is 0 Å². The Morgan fingerprint density at radius 2 is 2.12 bits per heavy atom. The summed E-state index contributed by atoms with van der Waals surface area (Å²) in [7, 11) is 0. The molecule has 5 nitrogen and oxygen atoms in total. The Morgan fingerprint density at radius 3 is 2.83 bits per heavy atom. The number of hydrogen-bond donors (Lipinski definition) is 1. The molecule has 1 aromatic heterocycles. The molecule has 6 heteroatoms. The van der Waals surface area contributed by atoms with Gasteiger partial charge in [0.15, 0.2) is 0 Å². The zero-order valence-corrected chi connectivity index (χ0v) is 13.8. The molecule has 0 saturated carbocycles. The zero-order chi connectivity index (χ0) is 17.3. The molecule has 1 amide bonds. The van der Waals surface area contributed by atoms with E-state index in [-0.39, 0.29) is 17.8 Å². The number of ether oxygens (including phenoxy) is 1. The van der Waals surface area contributed by atoms with E-state index in [2.05, 4.69) is 4.98 Å². The van der Waals surface area contributed by atoms with Crippen molar-refractivity contribution in [2.45, 2.75) is 20.0 Å². The first-order chi connectivity index (χ1) is 11.4. The van der Waals surface area contributed by atoms with Crippen molar-refractivity contribution in [3.05, 3.63) is 58.7 Å². The monoisotopic (exact) mass is 329 g/mol. The summed E-state index contributed by atoms with van der Waals surface area (Å²) in [5.41, 5.74) is 8.85. The zero-order valence-electron chi connectivity index (χ0n) is 13.8. The van der Waals surface area contributed by atoms with Gasteiger partial charge in [-0.2, -0.15) is 0 Å². The van der Waals surface area contributed by atoms with Gasteiger partial charge in [0.05, 0.1) is 18.8 Å². The van der Waals surface area contributed by atoms with Crippen molar-refractivity contribution in [3.8, 4) is 0 Å². The number of carbonyl (C=O) groups excluding carboxylic acids is 1. The maximum atomic E-state index is 13.7. The first-order valence-corrected chi connectivity index (χ1v) is 7.85. The van der Waals surface area contributed by atoms with Crippen LogP contribution in [0.5, 0.6) is 0 Å². The lowest BCUT2D eigenvalue weighted by Crippen LogP contribution is -2.42. The molecule has 1 aliphatic rings. The van der Waals surface area contributed by atoms with E-state index >= 15 is 0 Å². The van der Waals surface area contributed by atoms with Gasteiger partial charge < -0.3 is 15.4 Å². The number of hydrogen-bond acceptors (Lipinski definition) is 4. The van der Waals surface area contributed by atoms with Gasteiger partial charge in [0.2, 0.25) is 0 Å². The molecule has 1 saturated heterocycles. The molecule has 1 fully saturated rings. The van der Waals surface area contributed by atoms with Crippen LogP contribution in [0, 0.1) is 19.7 Å². The summed E-state index contributed by atoms with van der Waals surface area (Å²) < 4.78 is 19.5. The molecular formula is C18H20FN3O2. The number of nitrogens with zero attached hydrogens (tertiary/aromatic N) is 2. The number of amides is 1. The highest BCUT2D eigenvalue weighted by Gasteiger charge is 2.27. The van der Waals surface area contributed by atoms with Gasteiger partial charge >= 0.3 is 0 Å². The Kier molecular flexibility index (Phi) is 4.49. The number of benzene rings is 1. The normalized spacial score (nSPS) is 17.8. The van der Waals surface area contributed by atoms with Crippen molar-refractivity contribution in [1.82, 2.24) is 9.88 Å². The molecule has 1 atom stereocenters. The number of aryl methyl sites for hydroxylation is 2. The first-order valence-electron chi connectivity index (χ1n) is 7.85. The number of nitrogens with two attached hydrogens (primary N) is 1. The summed E-state index contributed by atoms with van der Waals surface area (Å²) in [6.07, 6.45) is -0.333. The third-order valence-corrected chi connectivity index (χ3v) is 4.10. The molecule has 0 bridgehead atoms. The first kappa shape index (κ1) is 16.4. The average molecular weight is 329 g/mol. The molecule has 0 spiro atoms. The van der Waals surface area contributed by atoms with Crippen molar-refractivity contribution >= 4 is 11.6 Å². The number of halogens is 1. The van der Waals surface area contributed by atoms with Crippen LogP contribution < -0.4 is 5.73 Å².